The third kappa shape index (κ3) is 3.32. The molecule has 1 N–H and O–H groups in total. The van der Waals surface area contributed by atoms with Crippen LogP contribution < -0.4 is 15.0 Å². The first-order valence-electron chi connectivity index (χ1n) is 6.80. The van der Waals surface area contributed by atoms with Crippen LogP contribution in [0.4, 0.5) is 5.69 Å². The maximum atomic E-state index is 5.82. The summed E-state index contributed by atoms with van der Waals surface area (Å²) in [7, 11) is 0. The van der Waals surface area contributed by atoms with Crippen LogP contribution in [0.5, 0.6) is 11.5 Å². The predicted molar refractivity (Wildman–Crippen MR) is 85.7 cm³/mol. The van der Waals surface area contributed by atoms with Crippen LogP contribution in [0.3, 0.4) is 0 Å². The molecule has 1 fully saturated rings. The number of hydrogen-bond acceptors (Lipinski definition) is 3. The van der Waals surface area contributed by atoms with Crippen molar-refractivity contribution in [2.45, 2.75) is 0 Å². The Bertz CT molecular complexity index is 548. The van der Waals surface area contributed by atoms with Gasteiger partial charge in [-0.25, -0.2) is 0 Å². The molecule has 0 aromatic heterocycles. The van der Waals surface area contributed by atoms with Gasteiger partial charge in [-0.15, -0.1) is 0 Å². The first-order chi connectivity index (χ1) is 9.81. The molecule has 0 atom stereocenters. The van der Waals surface area contributed by atoms with Crippen LogP contribution >= 0.6 is 15.9 Å². The molecule has 1 aliphatic rings. The van der Waals surface area contributed by atoms with Gasteiger partial charge in [-0.05, 0) is 48.5 Å². The van der Waals surface area contributed by atoms with Crippen LogP contribution in [0.1, 0.15) is 0 Å². The fourth-order valence-corrected chi connectivity index (χ4v) is 2.55. The molecule has 1 aliphatic heterocycles. The van der Waals surface area contributed by atoms with Gasteiger partial charge in [-0.1, -0.05) is 15.9 Å². The van der Waals surface area contributed by atoms with Crippen LogP contribution in [0.25, 0.3) is 0 Å². The normalized spacial score (nSPS) is 15.2. The molecule has 3 rings (SSSR count). The molecule has 1 heterocycles. The van der Waals surface area contributed by atoms with Crippen molar-refractivity contribution >= 4 is 21.6 Å². The summed E-state index contributed by atoms with van der Waals surface area (Å²) in [5.41, 5.74) is 1.26. The summed E-state index contributed by atoms with van der Waals surface area (Å²) in [5.74, 6) is 1.72. The summed E-state index contributed by atoms with van der Waals surface area (Å²) in [6, 6.07) is 16.2. The highest BCUT2D eigenvalue weighted by Gasteiger charge is 2.10. The molecule has 20 heavy (non-hydrogen) atoms. The first kappa shape index (κ1) is 13.5. The number of benzene rings is 2. The molecule has 0 radical (unpaired) electrons. The smallest absolute Gasteiger partial charge is 0.127 e. The first-order valence-corrected chi connectivity index (χ1v) is 7.60. The minimum absolute atomic E-state index is 0.850. The number of halogens is 1. The lowest BCUT2D eigenvalue weighted by Gasteiger charge is -2.29. The zero-order valence-electron chi connectivity index (χ0n) is 11.2. The van der Waals surface area contributed by atoms with E-state index in [0.29, 0.717) is 0 Å². The molecule has 104 valence electrons. The number of piperazine rings is 1. The Morgan fingerprint density at radius 1 is 0.850 bits per heavy atom. The van der Waals surface area contributed by atoms with Crippen LogP contribution in [-0.4, -0.2) is 26.2 Å². The van der Waals surface area contributed by atoms with E-state index in [4.69, 9.17) is 4.74 Å². The Morgan fingerprint density at radius 2 is 1.40 bits per heavy atom. The van der Waals surface area contributed by atoms with Crippen molar-refractivity contribution in [1.82, 2.24) is 5.32 Å². The lowest BCUT2D eigenvalue weighted by molar-refractivity contribution is 0.482. The molecule has 0 unspecified atom stereocenters. The third-order valence-corrected chi connectivity index (χ3v) is 3.90. The number of rotatable bonds is 3. The van der Waals surface area contributed by atoms with Crippen LogP contribution in [-0.2, 0) is 0 Å². The zero-order valence-corrected chi connectivity index (χ0v) is 12.8. The van der Waals surface area contributed by atoms with E-state index < -0.39 is 0 Å². The van der Waals surface area contributed by atoms with Crippen molar-refractivity contribution in [3.05, 3.63) is 53.0 Å². The van der Waals surface area contributed by atoms with Crippen molar-refractivity contribution in [1.29, 1.82) is 0 Å². The Kier molecular flexibility index (Phi) is 4.23. The molecular formula is C16H17BrN2O. The minimum Gasteiger partial charge on any atom is -0.457 e. The van der Waals surface area contributed by atoms with Crippen LogP contribution in [0.2, 0.25) is 0 Å². The second kappa shape index (κ2) is 6.29. The molecule has 0 amide bonds. The number of hydrogen-bond donors (Lipinski definition) is 1. The molecular weight excluding hydrogens is 316 g/mol. The molecule has 0 aliphatic carbocycles. The fourth-order valence-electron chi connectivity index (χ4n) is 2.29. The van der Waals surface area contributed by atoms with Gasteiger partial charge in [0.25, 0.3) is 0 Å². The van der Waals surface area contributed by atoms with Gasteiger partial charge in [0.15, 0.2) is 0 Å². The molecule has 2 aromatic rings. The van der Waals surface area contributed by atoms with Crippen molar-refractivity contribution in [2.24, 2.45) is 0 Å². The van der Waals surface area contributed by atoms with E-state index in [1.54, 1.807) is 0 Å². The Labute approximate surface area is 127 Å². The number of ether oxygens (including phenoxy) is 1. The van der Waals surface area contributed by atoms with Gasteiger partial charge in [0.1, 0.15) is 11.5 Å². The Balaban J connectivity index is 1.67. The molecule has 2 aromatic carbocycles. The van der Waals surface area contributed by atoms with E-state index in [1.807, 2.05) is 36.4 Å². The summed E-state index contributed by atoms with van der Waals surface area (Å²) in [4.78, 5) is 2.39. The largest absolute Gasteiger partial charge is 0.457 e. The number of anilines is 1. The average molecular weight is 333 g/mol. The topological polar surface area (TPSA) is 24.5 Å². The Morgan fingerprint density at radius 3 is 2.00 bits per heavy atom. The Hall–Kier alpha value is -1.52. The van der Waals surface area contributed by atoms with Gasteiger partial charge in [0.2, 0.25) is 0 Å². The summed E-state index contributed by atoms with van der Waals surface area (Å²) < 4.78 is 6.88. The second-order valence-electron chi connectivity index (χ2n) is 4.79. The summed E-state index contributed by atoms with van der Waals surface area (Å²) >= 11 is 3.42. The second-order valence-corrected chi connectivity index (χ2v) is 5.70. The van der Waals surface area contributed by atoms with E-state index in [-0.39, 0.29) is 0 Å². The van der Waals surface area contributed by atoms with Gasteiger partial charge < -0.3 is 15.0 Å². The predicted octanol–water partition coefficient (Wildman–Crippen LogP) is 3.65. The third-order valence-electron chi connectivity index (χ3n) is 3.37. The SMILES string of the molecule is Brc1ccc(Oc2ccc(N3CCNCC3)cc2)cc1. The molecule has 1 saturated heterocycles. The van der Waals surface area contributed by atoms with Crippen LogP contribution in [0, 0.1) is 0 Å². The van der Waals surface area contributed by atoms with E-state index in [1.165, 1.54) is 5.69 Å². The molecule has 0 bridgehead atoms. The average Bonchev–Trinajstić information content (AvgIpc) is 2.51. The maximum Gasteiger partial charge on any atom is 0.127 e. The quantitative estimate of drug-likeness (QED) is 0.928. The zero-order chi connectivity index (χ0) is 13.8. The highest BCUT2D eigenvalue weighted by molar-refractivity contribution is 9.10. The summed E-state index contributed by atoms with van der Waals surface area (Å²) in [5, 5.41) is 3.36. The van der Waals surface area contributed by atoms with Crippen molar-refractivity contribution in [2.75, 3.05) is 31.1 Å². The maximum absolute atomic E-state index is 5.82. The van der Waals surface area contributed by atoms with E-state index in [2.05, 4.69) is 38.3 Å². The number of nitrogens with one attached hydrogen (secondary N) is 1. The van der Waals surface area contributed by atoms with Gasteiger partial charge in [0, 0.05) is 36.3 Å². The minimum atomic E-state index is 0.850. The van der Waals surface area contributed by atoms with E-state index in [0.717, 1.165) is 42.2 Å². The molecule has 3 nitrogen and oxygen atoms in total. The summed E-state index contributed by atoms with van der Waals surface area (Å²) in [6.45, 7) is 4.23. The van der Waals surface area contributed by atoms with Crippen molar-refractivity contribution < 1.29 is 4.74 Å². The standard InChI is InChI=1S/C16H17BrN2O/c17-13-1-5-15(6-2-13)20-16-7-3-14(4-8-16)19-11-9-18-10-12-19/h1-8,18H,9-12H2. The molecule has 0 spiro atoms. The van der Waals surface area contributed by atoms with E-state index >= 15 is 0 Å². The monoisotopic (exact) mass is 332 g/mol. The van der Waals surface area contributed by atoms with Gasteiger partial charge in [0.05, 0.1) is 0 Å². The highest BCUT2D eigenvalue weighted by Crippen LogP contribution is 2.25. The van der Waals surface area contributed by atoms with Crippen molar-refractivity contribution in [3.63, 3.8) is 0 Å². The summed E-state index contributed by atoms with van der Waals surface area (Å²) in [6.07, 6.45) is 0. The van der Waals surface area contributed by atoms with Gasteiger partial charge in [-0.2, -0.15) is 0 Å². The van der Waals surface area contributed by atoms with Gasteiger partial charge >= 0.3 is 0 Å². The van der Waals surface area contributed by atoms with Gasteiger partial charge in [-0.3, -0.25) is 0 Å². The van der Waals surface area contributed by atoms with Crippen molar-refractivity contribution in [3.8, 4) is 11.5 Å². The number of nitrogens with zero attached hydrogens (tertiary/aromatic N) is 1. The highest BCUT2D eigenvalue weighted by atomic mass is 79.9. The lowest BCUT2D eigenvalue weighted by atomic mass is 10.2. The lowest BCUT2D eigenvalue weighted by Crippen LogP contribution is -2.43. The fraction of sp³-hybridized carbons (Fsp3) is 0.250. The molecule has 0 saturated carbocycles. The van der Waals surface area contributed by atoms with E-state index in [9.17, 15) is 0 Å². The van der Waals surface area contributed by atoms with Crippen LogP contribution in [0.15, 0.2) is 53.0 Å². The molecule has 4 heteroatoms.